The summed E-state index contributed by atoms with van der Waals surface area (Å²) < 4.78 is 34.7. The first-order chi connectivity index (χ1) is 13.0. The molecule has 6 nitrogen and oxygen atoms in total. The molecule has 0 saturated carbocycles. The first-order valence-corrected chi connectivity index (χ1v) is 8.98. The minimum absolute atomic E-state index is 0.0713. The van der Waals surface area contributed by atoms with Gasteiger partial charge in [0.1, 0.15) is 17.7 Å². The summed E-state index contributed by atoms with van der Waals surface area (Å²) in [6.45, 7) is 4.35. The van der Waals surface area contributed by atoms with Crippen LogP contribution < -0.4 is 5.32 Å². The number of rotatable bonds is 4. The average molecular weight is 377 g/mol. The van der Waals surface area contributed by atoms with Crippen molar-refractivity contribution in [3.8, 4) is 0 Å². The van der Waals surface area contributed by atoms with E-state index in [4.69, 9.17) is 4.74 Å². The SMILES string of the molecule is CN=C(NCC(C)c1ccc(F)cc1F)N1CCOC(c2cnn(C)c2)C1. The van der Waals surface area contributed by atoms with Gasteiger partial charge in [-0.25, -0.2) is 8.78 Å². The first kappa shape index (κ1) is 19.3. The summed E-state index contributed by atoms with van der Waals surface area (Å²) in [7, 11) is 3.60. The van der Waals surface area contributed by atoms with Gasteiger partial charge in [0, 0.05) is 50.9 Å². The second-order valence-corrected chi connectivity index (χ2v) is 6.75. The number of aryl methyl sites for hydroxylation is 1. The molecule has 0 aliphatic carbocycles. The Hall–Kier alpha value is -2.48. The minimum atomic E-state index is -0.568. The third kappa shape index (κ3) is 4.63. The maximum Gasteiger partial charge on any atom is 0.193 e. The highest BCUT2D eigenvalue weighted by Gasteiger charge is 2.25. The Bertz CT molecular complexity index is 807. The molecule has 2 heterocycles. The van der Waals surface area contributed by atoms with E-state index in [1.165, 1.54) is 12.1 Å². The van der Waals surface area contributed by atoms with Crippen LogP contribution in [-0.4, -0.2) is 53.9 Å². The lowest BCUT2D eigenvalue weighted by atomic mass is 10.0. The molecule has 1 aromatic carbocycles. The van der Waals surface area contributed by atoms with Crippen LogP contribution in [0.1, 0.15) is 30.1 Å². The predicted molar refractivity (Wildman–Crippen MR) is 99.6 cm³/mol. The van der Waals surface area contributed by atoms with Crippen LogP contribution in [0.3, 0.4) is 0 Å². The Morgan fingerprint density at radius 3 is 2.93 bits per heavy atom. The number of halogens is 2. The highest BCUT2D eigenvalue weighted by atomic mass is 19.1. The molecule has 1 N–H and O–H groups in total. The summed E-state index contributed by atoms with van der Waals surface area (Å²) in [6, 6.07) is 3.69. The van der Waals surface area contributed by atoms with E-state index in [-0.39, 0.29) is 12.0 Å². The number of aromatic nitrogens is 2. The van der Waals surface area contributed by atoms with Gasteiger partial charge in [-0.2, -0.15) is 5.10 Å². The van der Waals surface area contributed by atoms with Crippen molar-refractivity contribution in [3.63, 3.8) is 0 Å². The van der Waals surface area contributed by atoms with Crippen molar-refractivity contribution in [2.45, 2.75) is 18.9 Å². The van der Waals surface area contributed by atoms with Gasteiger partial charge in [0.2, 0.25) is 0 Å². The standard InChI is InChI=1S/C19H25F2N5O/c1-13(16-5-4-15(20)8-17(16)21)9-23-19(22-2)26-6-7-27-18(12-26)14-10-24-25(3)11-14/h4-5,8,10-11,13,18H,6-7,9,12H2,1-3H3,(H,22,23). The molecule has 27 heavy (non-hydrogen) atoms. The van der Waals surface area contributed by atoms with Crippen LogP contribution in [0, 0.1) is 11.6 Å². The van der Waals surface area contributed by atoms with E-state index in [2.05, 4.69) is 20.3 Å². The number of hydrogen-bond donors (Lipinski definition) is 1. The highest BCUT2D eigenvalue weighted by molar-refractivity contribution is 5.80. The largest absolute Gasteiger partial charge is 0.370 e. The van der Waals surface area contributed by atoms with Crippen molar-refractivity contribution < 1.29 is 13.5 Å². The summed E-state index contributed by atoms with van der Waals surface area (Å²) in [5.41, 5.74) is 1.51. The van der Waals surface area contributed by atoms with Crippen molar-refractivity contribution in [2.24, 2.45) is 12.0 Å². The van der Waals surface area contributed by atoms with Crippen molar-refractivity contribution >= 4 is 5.96 Å². The molecule has 0 amide bonds. The number of hydrogen-bond acceptors (Lipinski definition) is 3. The molecule has 8 heteroatoms. The van der Waals surface area contributed by atoms with E-state index in [9.17, 15) is 8.78 Å². The quantitative estimate of drug-likeness (QED) is 0.657. The summed E-state index contributed by atoms with van der Waals surface area (Å²) >= 11 is 0. The summed E-state index contributed by atoms with van der Waals surface area (Å²) in [6.07, 6.45) is 3.69. The van der Waals surface area contributed by atoms with E-state index in [0.717, 1.165) is 24.1 Å². The van der Waals surface area contributed by atoms with Crippen LogP contribution in [-0.2, 0) is 11.8 Å². The topological polar surface area (TPSA) is 54.7 Å². The molecular formula is C19H25F2N5O. The molecule has 1 aliphatic heterocycles. The Morgan fingerprint density at radius 2 is 2.26 bits per heavy atom. The molecule has 0 radical (unpaired) electrons. The van der Waals surface area contributed by atoms with Crippen LogP contribution in [0.5, 0.6) is 0 Å². The Balaban J connectivity index is 1.61. The van der Waals surface area contributed by atoms with Gasteiger partial charge in [-0.05, 0) is 11.6 Å². The lowest BCUT2D eigenvalue weighted by molar-refractivity contribution is -0.00803. The molecular weight excluding hydrogens is 352 g/mol. The highest BCUT2D eigenvalue weighted by Crippen LogP contribution is 2.22. The number of guanidine groups is 1. The molecule has 3 rings (SSSR count). The molecule has 2 aromatic rings. The molecule has 0 bridgehead atoms. The third-order valence-electron chi connectivity index (χ3n) is 4.73. The van der Waals surface area contributed by atoms with E-state index >= 15 is 0 Å². The zero-order valence-electron chi connectivity index (χ0n) is 15.8. The molecule has 1 fully saturated rings. The summed E-state index contributed by atoms with van der Waals surface area (Å²) in [5.74, 6) is -0.483. The van der Waals surface area contributed by atoms with Gasteiger partial charge < -0.3 is 15.0 Å². The Kier molecular flexibility index (Phi) is 6.05. The van der Waals surface area contributed by atoms with Gasteiger partial charge >= 0.3 is 0 Å². The van der Waals surface area contributed by atoms with Gasteiger partial charge in [0.25, 0.3) is 0 Å². The maximum absolute atomic E-state index is 14.0. The summed E-state index contributed by atoms with van der Waals surface area (Å²) in [4.78, 5) is 6.47. The number of ether oxygens (including phenoxy) is 1. The molecule has 1 saturated heterocycles. The van der Waals surface area contributed by atoms with Crippen LogP contribution in [0.4, 0.5) is 8.78 Å². The van der Waals surface area contributed by atoms with Crippen molar-refractivity contribution in [1.82, 2.24) is 20.0 Å². The molecule has 146 valence electrons. The zero-order valence-corrected chi connectivity index (χ0v) is 15.8. The van der Waals surface area contributed by atoms with E-state index < -0.39 is 11.6 Å². The van der Waals surface area contributed by atoms with Crippen molar-refractivity contribution in [2.75, 3.05) is 33.3 Å². The van der Waals surface area contributed by atoms with Gasteiger partial charge in [-0.3, -0.25) is 9.67 Å². The van der Waals surface area contributed by atoms with Crippen molar-refractivity contribution in [3.05, 3.63) is 53.4 Å². The molecule has 0 spiro atoms. The average Bonchev–Trinajstić information content (AvgIpc) is 3.09. The van der Waals surface area contributed by atoms with E-state index in [0.29, 0.717) is 25.3 Å². The maximum atomic E-state index is 14.0. The summed E-state index contributed by atoms with van der Waals surface area (Å²) in [5, 5.41) is 7.50. The number of morpholine rings is 1. The molecule has 2 atom stereocenters. The molecule has 1 aliphatic rings. The number of benzene rings is 1. The van der Waals surface area contributed by atoms with E-state index in [1.54, 1.807) is 11.7 Å². The number of aliphatic imine (C=N–C) groups is 1. The van der Waals surface area contributed by atoms with Gasteiger partial charge in [0.05, 0.1) is 19.3 Å². The first-order valence-electron chi connectivity index (χ1n) is 8.98. The Morgan fingerprint density at radius 1 is 1.44 bits per heavy atom. The number of nitrogens with one attached hydrogen (secondary N) is 1. The monoisotopic (exact) mass is 377 g/mol. The minimum Gasteiger partial charge on any atom is -0.370 e. The van der Waals surface area contributed by atoms with Gasteiger partial charge in [-0.15, -0.1) is 0 Å². The second kappa shape index (κ2) is 8.47. The predicted octanol–water partition coefficient (Wildman–Crippen LogP) is 2.45. The normalized spacial score (nSPS) is 19.2. The van der Waals surface area contributed by atoms with Crippen LogP contribution >= 0.6 is 0 Å². The lowest BCUT2D eigenvalue weighted by Crippen LogP contribution is -2.48. The number of nitrogens with zero attached hydrogens (tertiary/aromatic N) is 4. The fourth-order valence-corrected chi connectivity index (χ4v) is 3.24. The lowest BCUT2D eigenvalue weighted by Gasteiger charge is -2.35. The fourth-order valence-electron chi connectivity index (χ4n) is 3.24. The van der Waals surface area contributed by atoms with Gasteiger partial charge in [-0.1, -0.05) is 13.0 Å². The third-order valence-corrected chi connectivity index (χ3v) is 4.73. The molecule has 2 unspecified atom stereocenters. The zero-order chi connectivity index (χ0) is 19.4. The van der Waals surface area contributed by atoms with Crippen LogP contribution in [0.25, 0.3) is 0 Å². The Labute approximate surface area is 157 Å². The van der Waals surface area contributed by atoms with Crippen LogP contribution in [0.15, 0.2) is 35.6 Å². The second-order valence-electron chi connectivity index (χ2n) is 6.75. The molecule has 1 aromatic heterocycles. The smallest absolute Gasteiger partial charge is 0.193 e. The van der Waals surface area contributed by atoms with Crippen molar-refractivity contribution in [1.29, 1.82) is 0 Å². The van der Waals surface area contributed by atoms with E-state index in [1.807, 2.05) is 26.4 Å². The van der Waals surface area contributed by atoms with Gasteiger partial charge in [0.15, 0.2) is 5.96 Å². The fraction of sp³-hybridized carbons (Fsp3) is 0.474. The van der Waals surface area contributed by atoms with Crippen LogP contribution in [0.2, 0.25) is 0 Å².